The number of anilines is 1. The molecule has 2 aromatic heterocycles. The minimum atomic E-state index is -0.0354. The van der Waals surface area contributed by atoms with E-state index < -0.39 is 0 Å². The smallest absolute Gasteiger partial charge is 0.226 e. The monoisotopic (exact) mass is 387 g/mol. The molecule has 1 amide bonds. The molecule has 6 nitrogen and oxygen atoms in total. The molecule has 0 radical (unpaired) electrons. The zero-order valence-electron chi connectivity index (χ0n) is 17.0. The van der Waals surface area contributed by atoms with E-state index in [1.165, 1.54) is 11.1 Å². The lowest BCUT2D eigenvalue weighted by Crippen LogP contribution is -2.16. The van der Waals surface area contributed by atoms with E-state index in [2.05, 4.69) is 52.8 Å². The molecular weight excluding hydrogens is 362 g/mol. The second-order valence-electron chi connectivity index (χ2n) is 7.42. The van der Waals surface area contributed by atoms with E-state index in [1.54, 1.807) is 0 Å². The molecule has 0 atom stereocenters. The van der Waals surface area contributed by atoms with Crippen LogP contribution in [0.3, 0.4) is 0 Å². The molecule has 2 heterocycles. The Hall–Kier alpha value is -3.41. The molecule has 2 aromatic carbocycles. The lowest BCUT2D eigenvalue weighted by molar-refractivity contribution is -0.116. The van der Waals surface area contributed by atoms with Crippen LogP contribution in [0, 0.1) is 20.8 Å². The summed E-state index contributed by atoms with van der Waals surface area (Å²) in [5.41, 5.74) is 6.00. The van der Waals surface area contributed by atoms with Gasteiger partial charge < -0.3 is 5.32 Å². The van der Waals surface area contributed by atoms with Crippen LogP contribution < -0.4 is 5.32 Å². The molecule has 0 aliphatic heterocycles. The van der Waals surface area contributed by atoms with E-state index in [9.17, 15) is 4.79 Å². The lowest BCUT2D eigenvalue weighted by Gasteiger charge is -2.08. The second kappa shape index (κ2) is 7.91. The van der Waals surface area contributed by atoms with Gasteiger partial charge in [0.25, 0.3) is 0 Å². The molecule has 0 saturated heterocycles. The fraction of sp³-hybridized carbons (Fsp3) is 0.261. The van der Waals surface area contributed by atoms with Crippen LogP contribution in [0.15, 0.2) is 54.7 Å². The highest BCUT2D eigenvalue weighted by Crippen LogP contribution is 2.21. The summed E-state index contributed by atoms with van der Waals surface area (Å²) in [5, 5.41) is 13.2. The van der Waals surface area contributed by atoms with Gasteiger partial charge in [0, 0.05) is 11.8 Å². The fourth-order valence-electron chi connectivity index (χ4n) is 3.56. The van der Waals surface area contributed by atoms with Crippen LogP contribution in [0.4, 0.5) is 5.69 Å². The third-order valence-corrected chi connectivity index (χ3v) is 5.17. The van der Waals surface area contributed by atoms with E-state index in [0.717, 1.165) is 28.0 Å². The van der Waals surface area contributed by atoms with Gasteiger partial charge in [-0.1, -0.05) is 42.5 Å². The zero-order valence-corrected chi connectivity index (χ0v) is 17.0. The van der Waals surface area contributed by atoms with Crippen LogP contribution in [0.25, 0.3) is 10.9 Å². The van der Waals surface area contributed by atoms with Gasteiger partial charge in [-0.15, -0.1) is 0 Å². The van der Waals surface area contributed by atoms with Crippen LogP contribution in [-0.2, 0) is 17.9 Å². The van der Waals surface area contributed by atoms with Crippen LogP contribution in [0.2, 0.25) is 0 Å². The predicted molar refractivity (Wildman–Crippen MR) is 115 cm³/mol. The molecule has 29 heavy (non-hydrogen) atoms. The summed E-state index contributed by atoms with van der Waals surface area (Å²) in [4.78, 5) is 12.6. The highest BCUT2D eigenvalue weighted by Gasteiger charge is 2.15. The summed E-state index contributed by atoms with van der Waals surface area (Å²) in [6.45, 7) is 7.19. The highest BCUT2D eigenvalue weighted by molar-refractivity contribution is 5.92. The molecule has 1 N–H and O–H groups in total. The molecular formula is C23H25N5O. The summed E-state index contributed by atoms with van der Waals surface area (Å²) in [7, 11) is 0. The average molecular weight is 387 g/mol. The van der Waals surface area contributed by atoms with Crippen molar-refractivity contribution in [1.29, 1.82) is 0 Å². The lowest BCUT2D eigenvalue weighted by atomic mass is 10.2. The Labute approximate surface area is 170 Å². The van der Waals surface area contributed by atoms with Crippen molar-refractivity contribution in [3.05, 3.63) is 77.2 Å². The van der Waals surface area contributed by atoms with E-state index in [1.807, 2.05) is 47.6 Å². The van der Waals surface area contributed by atoms with Crippen LogP contribution in [0.5, 0.6) is 0 Å². The summed E-state index contributed by atoms with van der Waals surface area (Å²) >= 11 is 0. The molecule has 0 bridgehead atoms. The third-order valence-electron chi connectivity index (χ3n) is 5.17. The van der Waals surface area contributed by atoms with Gasteiger partial charge in [0.15, 0.2) is 0 Å². The summed E-state index contributed by atoms with van der Waals surface area (Å²) in [6, 6.07) is 16.4. The molecule has 6 heteroatoms. The molecule has 4 aromatic rings. The SMILES string of the molecule is Cc1ccc2cnn(CCC(=O)Nc3c(C)nn(Cc4ccccc4)c3C)c2c1. The third kappa shape index (κ3) is 4.06. The van der Waals surface area contributed by atoms with Gasteiger partial charge in [-0.2, -0.15) is 10.2 Å². The van der Waals surface area contributed by atoms with Crippen molar-refractivity contribution >= 4 is 22.5 Å². The van der Waals surface area contributed by atoms with Gasteiger partial charge in [-0.05, 0) is 38.0 Å². The molecule has 0 aliphatic rings. The molecule has 0 fully saturated rings. The Bertz CT molecular complexity index is 1160. The number of benzene rings is 2. The number of aryl methyl sites for hydroxylation is 3. The zero-order chi connectivity index (χ0) is 20.4. The second-order valence-corrected chi connectivity index (χ2v) is 7.42. The van der Waals surface area contributed by atoms with Gasteiger partial charge in [-0.25, -0.2) is 0 Å². The Morgan fingerprint density at radius 2 is 1.83 bits per heavy atom. The Balaban J connectivity index is 1.43. The first-order valence-corrected chi connectivity index (χ1v) is 9.81. The maximum atomic E-state index is 12.6. The van der Waals surface area contributed by atoms with Crippen LogP contribution >= 0.6 is 0 Å². The highest BCUT2D eigenvalue weighted by atomic mass is 16.1. The van der Waals surface area contributed by atoms with Crippen molar-refractivity contribution in [3.8, 4) is 0 Å². The van der Waals surface area contributed by atoms with Crippen molar-refractivity contribution in [1.82, 2.24) is 19.6 Å². The van der Waals surface area contributed by atoms with Gasteiger partial charge in [0.05, 0.1) is 41.9 Å². The topological polar surface area (TPSA) is 64.7 Å². The van der Waals surface area contributed by atoms with Crippen molar-refractivity contribution in [2.45, 2.75) is 40.3 Å². The summed E-state index contributed by atoms with van der Waals surface area (Å²) in [6.07, 6.45) is 2.20. The maximum Gasteiger partial charge on any atom is 0.226 e. The van der Waals surface area contributed by atoms with Crippen molar-refractivity contribution < 1.29 is 4.79 Å². The number of hydrogen-bond acceptors (Lipinski definition) is 3. The largest absolute Gasteiger partial charge is 0.323 e. The molecule has 148 valence electrons. The van der Waals surface area contributed by atoms with Crippen molar-refractivity contribution in [2.75, 3.05) is 5.32 Å². The number of hydrogen-bond donors (Lipinski definition) is 1. The number of rotatable bonds is 6. The molecule has 0 unspecified atom stereocenters. The van der Waals surface area contributed by atoms with E-state index in [-0.39, 0.29) is 5.91 Å². The Morgan fingerprint density at radius 3 is 2.62 bits per heavy atom. The summed E-state index contributed by atoms with van der Waals surface area (Å²) < 4.78 is 3.82. The fourth-order valence-corrected chi connectivity index (χ4v) is 3.56. The minimum Gasteiger partial charge on any atom is -0.323 e. The number of nitrogens with zero attached hydrogens (tertiary/aromatic N) is 4. The van der Waals surface area contributed by atoms with E-state index in [4.69, 9.17) is 0 Å². The number of carbonyl (C=O) groups is 1. The normalized spacial score (nSPS) is 11.1. The Kier molecular flexibility index (Phi) is 5.16. The number of aromatic nitrogens is 4. The number of amides is 1. The van der Waals surface area contributed by atoms with Gasteiger partial charge in [-0.3, -0.25) is 14.2 Å². The van der Waals surface area contributed by atoms with Gasteiger partial charge in [0.1, 0.15) is 0 Å². The average Bonchev–Trinajstić information content (AvgIpc) is 3.22. The maximum absolute atomic E-state index is 12.6. The van der Waals surface area contributed by atoms with E-state index in [0.29, 0.717) is 19.5 Å². The van der Waals surface area contributed by atoms with Crippen molar-refractivity contribution in [3.63, 3.8) is 0 Å². The Morgan fingerprint density at radius 1 is 1.03 bits per heavy atom. The first-order valence-electron chi connectivity index (χ1n) is 9.81. The molecule has 0 saturated carbocycles. The standard InChI is InChI=1S/C23H25N5O/c1-16-9-10-20-14-24-27(21(20)13-16)12-11-22(29)25-23-17(2)26-28(18(23)3)15-19-7-5-4-6-8-19/h4-10,13-14H,11-12,15H2,1-3H3,(H,25,29). The first kappa shape index (κ1) is 18.9. The molecule has 0 aliphatic carbocycles. The van der Waals surface area contributed by atoms with Gasteiger partial charge in [0.2, 0.25) is 5.91 Å². The van der Waals surface area contributed by atoms with Crippen LogP contribution in [0.1, 0.15) is 28.9 Å². The number of nitrogens with one attached hydrogen (secondary N) is 1. The molecule has 4 rings (SSSR count). The number of carbonyl (C=O) groups excluding carboxylic acids is 1. The molecule has 0 spiro atoms. The van der Waals surface area contributed by atoms with E-state index >= 15 is 0 Å². The van der Waals surface area contributed by atoms with Crippen molar-refractivity contribution in [2.24, 2.45) is 0 Å². The van der Waals surface area contributed by atoms with Crippen LogP contribution in [-0.4, -0.2) is 25.5 Å². The predicted octanol–water partition coefficient (Wildman–Crippen LogP) is 4.24. The number of fused-ring (bicyclic) bond motifs is 1. The van der Waals surface area contributed by atoms with Gasteiger partial charge >= 0.3 is 0 Å². The quantitative estimate of drug-likeness (QED) is 0.538. The summed E-state index contributed by atoms with van der Waals surface area (Å²) in [5.74, 6) is -0.0354. The first-order chi connectivity index (χ1) is 14.0. The minimum absolute atomic E-state index is 0.0354.